The lowest BCUT2D eigenvalue weighted by atomic mass is 9.94. The van der Waals surface area contributed by atoms with E-state index in [0.717, 1.165) is 12.8 Å². The molecular weight excluding hydrogens is 513 g/mol. The van der Waals surface area contributed by atoms with Crippen LogP contribution in [-0.4, -0.2) is 50.1 Å². The molecule has 0 aromatic carbocycles. The van der Waals surface area contributed by atoms with Gasteiger partial charge in [-0.25, -0.2) is 9.97 Å². The number of nitrogens with zero attached hydrogens (tertiary/aromatic N) is 5. The molecule has 0 spiro atoms. The zero-order valence-electron chi connectivity index (χ0n) is 21.4. The zero-order chi connectivity index (χ0) is 28.0. The Balaban J connectivity index is 0.00000164. The van der Waals surface area contributed by atoms with Crippen molar-refractivity contribution in [2.75, 3.05) is 22.9 Å². The summed E-state index contributed by atoms with van der Waals surface area (Å²) in [6.45, 7) is 6.32. The van der Waals surface area contributed by atoms with E-state index in [-0.39, 0.29) is 29.2 Å². The summed E-state index contributed by atoms with van der Waals surface area (Å²) in [5, 5.41) is 12.9. The first-order chi connectivity index (χ1) is 17.8. The second-order valence-corrected chi connectivity index (χ2v) is 9.47. The predicted molar refractivity (Wildman–Crippen MR) is 131 cm³/mol. The SMILES string of the molecule is CC.Cn1ncc2c1NC(CCC(F)(F)C(F)(F)F)=NC2c1nc(N)c2c(n1)NC(=O)C2(C)NCC1CC1. The molecule has 2 unspecified atom stereocenters. The molecule has 2 atom stereocenters. The molecule has 0 bridgehead atoms. The number of hydrogen-bond acceptors (Lipinski definition) is 8. The van der Waals surface area contributed by atoms with Crippen LogP contribution in [0.1, 0.15) is 69.4 Å². The number of hydrogen-bond donors (Lipinski definition) is 4. The van der Waals surface area contributed by atoms with E-state index in [1.807, 2.05) is 13.8 Å². The maximum absolute atomic E-state index is 13.5. The number of nitrogens with one attached hydrogen (secondary N) is 3. The molecule has 38 heavy (non-hydrogen) atoms. The van der Waals surface area contributed by atoms with Crippen LogP contribution in [0.5, 0.6) is 0 Å². The Morgan fingerprint density at radius 1 is 1.18 bits per heavy atom. The van der Waals surface area contributed by atoms with Crippen LogP contribution >= 0.6 is 0 Å². The fraction of sp³-hybridized carbons (Fsp3) is 0.609. The number of halogens is 5. The first-order valence-electron chi connectivity index (χ1n) is 12.3. The molecule has 208 valence electrons. The van der Waals surface area contributed by atoms with Crippen molar-refractivity contribution in [3.8, 4) is 0 Å². The largest absolute Gasteiger partial charge is 0.453 e. The molecule has 0 saturated heterocycles. The minimum Gasteiger partial charge on any atom is -0.383 e. The lowest BCUT2D eigenvalue weighted by Crippen LogP contribution is -2.46. The fourth-order valence-corrected chi connectivity index (χ4v) is 4.33. The third kappa shape index (κ3) is 4.90. The van der Waals surface area contributed by atoms with Gasteiger partial charge in [0.2, 0.25) is 5.91 Å². The fourth-order valence-electron chi connectivity index (χ4n) is 4.33. The van der Waals surface area contributed by atoms with Gasteiger partial charge in [0.1, 0.15) is 34.9 Å². The topological polar surface area (TPSA) is 135 Å². The molecule has 1 fully saturated rings. The summed E-state index contributed by atoms with van der Waals surface area (Å²) >= 11 is 0. The van der Waals surface area contributed by atoms with Crippen LogP contribution in [-0.2, 0) is 17.4 Å². The molecule has 0 radical (unpaired) electrons. The Morgan fingerprint density at radius 2 is 1.87 bits per heavy atom. The second kappa shape index (κ2) is 9.75. The van der Waals surface area contributed by atoms with E-state index in [4.69, 9.17) is 5.73 Å². The Labute approximate surface area is 215 Å². The molecule has 15 heteroatoms. The van der Waals surface area contributed by atoms with Crippen LogP contribution in [0.2, 0.25) is 0 Å². The number of nitrogens with two attached hydrogens (primary N) is 1. The number of anilines is 3. The average molecular weight is 544 g/mol. The Bertz CT molecular complexity index is 1250. The quantitative estimate of drug-likeness (QED) is 0.389. The van der Waals surface area contributed by atoms with Crippen LogP contribution in [0.25, 0.3) is 0 Å². The van der Waals surface area contributed by atoms with E-state index < -0.39 is 36.5 Å². The molecule has 3 aliphatic rings. The van der Waals surface area contributed by atoms with Crippen molar-refractivity contribution < 1.29 is 26.7 Å². The summed E-state index contributed by atoms with van der Waals surface area (Å²) in [5.74, 6) is -4.21. The third-order valence-corrected chi connectivity index (χ3v) is 6.73. The molecule has 2 aromatic heterocycles. The van der Waals surface area contributed by atoms with Gasteiger partial charge < -0.3 is 16.4 Å². The Kier molecular flexibility index (Phi) is 7.10. The highest BCUT2D eigenvalue weighted by atomic mass is 19.4. The lowest BCUT2D eigenvalue weighted by molar-refractivity contribution is -0.283. The van der Waals surface area contributed by atoms with Gasteiger partial charge in [0.05, 0.1) is 11.8 Å². The number of carbonyl (C=O) groups is 1. The summed E-state index contributed by atoms with van der Waals surface area (Å²) in [4.78, 5) is 26.0. The standard InChI is InChI=1S/C21H24F5N9O.C2H6/c1-19(28-7-9-3-4-9)12-14(27)32-16(33-15(12)34-18(19)36)13-10-8-29-35(2)17(10)31-11(30-13)5-6-20(22,23)21(24,25)26;1-2/h8-9,13,28H,3-7H2,1-2H3,(H,30,31)(H3,27,32,33,34,36);1-2H3. The molecule has 2 aromatic rings. The minimum absolute atomic E-state index is 0.0310. The highest BCUT2D eigenvalue weighted by molar-refractivity contribution is 6.06. The van der Waals surface area contributed by atoms with Crippen molar-refractivity contribution in [1.82, 2.24) is 25.1 Å². The third-order valence-electron chi connectivity index (χ3n) is 6.73. The molecule has 1 saturated carbocycles. The van der Waals surface area contributed by atoms with Gasteiger partial charge in [-0.2, -0.15) is 27.1 Å². The number of aromatic nitrogens is 4. The van der Waals surface area contributed by atoms with Gasteiger partial charge in [-0.3, -0.25) is 19.8 Å². The van der Waals surface area contributed by atoms with Crippen molar-refractivity contribution in [2.24, 2.45) is 18.0 Å². The summed E-state index contributed by atoms with van der Waals surface area (Å²) in [7, 11) is 1.57. The summed E-state index contributed by atoms with van der Waals surface area (Å²) in [6.07, 6.45) is -4.22. The maximum Gasteiger partial charge on any atom is 0.453 e. The molecule has 2 aliphatic heterocycles. The number of aryl methyl sites for hydroxylation is 1. The molecule has 4 heterocycles. The first kappa shape index (κ1) is 27.7. The number of amides is 1. The van der Waals surface area contributed by atoms with Crippen molar-refractivity contribution in [3.63, 3.8) is 0 Å². The van der Waals surface area contributed by atoms with Gasteiger partial charge in [0.15, 0.2) is 5.82 Å². The molecule has 5 N–H and O–H groups in total. The monoisotopic (exact) mass is 543 g/mol. The Morgan fingerprint density at radius 3 is 2.50 bits per heavy atom. The normalized spacial score (nSPS) is 22.5. The summed E-state index contributed by atoms with van der Waals surface area (Å²) in [6, 6.07) is -0.986. The van der Waals surface area contributed by atoms with E-state index in [1.165, 1.54) is 10.9 Å². The average Bonchev–Trinajstić information content (AvgIpc) is 3.56. The minimum atomic E-state index is -5.67. The highest BCUT2D eigenvalue weighted by Crippen LogP contribution is 2.43. The van der Waals surface area contributed by atoms with Crippen LogP contribution in [0.4, 0.5) is 39.4 Å². The van der Waals surface area contributed by atoms with Gasteiger partial charge >= 0.3 is 12.1 Å². The van der Waals surface area contributed by atoms with Crippen molar-refractivity contribution >= 4 is 29.2 Å². The van der Waals surface area contributed by atoms with E-state index in [2.05, 4.69) is 36.0 Å². The van der Waals surface area contributed by atoms with Crippen LogP contribution in [0.3, 0.4) is 0 Å². The van der Waals surface area contributed by atoms with Gasteiger partial charge in [-0.1, -0.05) is 13.8 Å². The van der Waals surface area contributed by atoms with Gasteiger partial charge in [0, 0.05) is 25.5 Å². The van der Waals surface area contributed by atoms with Crippen molar-refractivity contribution in [3.05, 3.63) is 23.1 Å². The van der Waals surface area contributed by atoms with Crippen LogP contribution < -0.4 is 21.7 Å². The van der Waals surface area contributed by atoms with Crippen molar-refractivity contribution in [2.45, 2.75) is 70.1 Å². The zero-order valence-corrected chi connectivity index (χ0v) is 21.4. The van der Waals surface area contributed by atoms with Crippen molar-refractivity contribution in [1.29, 1.82) is 0 Å². The number of fused-ring (bicyclic) bond motifs is 2. The molecular formula is C23H30F5N9O. The van der Waals surface area contributed by atoms with E-state index >= 15 is 0 Å². The van der Waals surface area contributed by atoms with Gasteiger partial charge in [-0.05, 0) is 32.2 Å². The number of nitrogen functional groups attached to an aromatic ring is 1. The number of alkyl halides is 5. The second-order valence-electron chi connectivity index (χ2n) is 9.47. The molecule has 5 rings (SSSR count). The number of rotatable bonds is 7. The van der Waals surface area contributed by atoms with Gasteiger partial charge in [-0.15, -0.1) is 0 Å². The predicted octanol–water partition coefficient (Wildman–Crippen LogP) is 3.88. The van der Waals surface area contributed by atoms with E-state index in [0.29, 0.717) is 29.4 Å². The lowest BCUT2D eigenvalue weighted by Gasteiger charge is -2.26. The summed E-state index contributed by atoms with van der Waals surface area (Å²) < 4.78 is 66.4. The van der Waals surface area contributed by atoms with E-state index in [9.17, 15) is 26.7 Å². The molecule has 1 amide bonds. The van der Waals surface area contributed by atoms with E-state index in [1.54, 1.807) is 14.0 Å². The van der Waals surface area contributed by atoms with Crippen LogP contribution in [0.15, 0.2) is 11.2 Å². The number of carbonyl (C=O) groups excluding carboxylic acids is 1. The van der Waals surface area contributed by atoms with Gasteiger partial charge in [0.25, 0.3) is 0 Å². The van der Waals surface area contributed by atoms with Crippen LogP contribution in [0, 0.1) is 5.92 Å². The molecule has 1 aliphatic carbocycles. The first-order valence-corrected chi connectivity index (χ1v) is 12.3. The maximum atomic E-state index is 13.5. The molecule has 10 nitrogen and oxygen atoms in total. The smallest absolute Gasteiger partial charge is 0.383 e. The Hall–Kier alpha value is -3.36. The summed E-state index contributed by atoms with van der Waals surface area (Å²) in [5.41, 5.74) is 6.01. The highest BCUT2D eigenvalue weighted by Gasteiger charge is 2.57. The number of amidine groups is 1. The number of aliphatic imine (C=N–C) groups is 1.